The molecule has 2 unspecified atom stereocenters. The van der Waals surface area contributed by atoms with Gasteiger partial charge in [-0.2, -0.15) is 4.39 Å². The molecule has 0 N–H and O–H groups in total. The lowest BCUT2D eigenvalue weighted by Gasteiger charge is -2.37. The van der Waals surface area contributed by atoms with Gasteiger partial charge in [0.2, 0.25) is 5.82 Å². The smallest absolute Gasteiger partial charge is 0.200 e. The van der Waals surface area contributed by atoms with Crippen molar-refractivity contribution >= 4 is 0 Å². The Bertz CT molecular complexity index is 648. The standard InChI is InChI=1S/C24H34F2O3/c1-3-5-6-17-7-9-18(10-8-17)21-14-12-20(16-29-21)28-15-19-11-13-22(27-4-2)24(26)23(19)25/h3,11,13,17-18,20-21H,1,4-10,12,14-16H2,2H3. The molecule has 1 heterocycles. The fourth-order valence-corrected chi connectivity index (χ4v) is 4.61. The maximum absolute atomic E-state index is 14.2. The first-order chi connectivity index (χ1) is 14.1. The van der Waals surface area contributed by atoms with Crippen molar-refractivity contribution in [2.75, 3.05) is 13.2 Å². The second kappa shape index (κ2) is 11.1. The first-order valence-corrected chi connectivity index (χ1v) is 11.1. The Morgan fingerprint density at radius 1 is 1.10 bits per heavy atom. The Hall–Kier alpha value is -1.46. The van der Waals surface area contributed by atoms with Crippen molar-refractivity contribution in [3.8, 4) is 5.75 Å². The summed E-state index contributed by atoms with van der Waals surface area (Å²) < 4.78 is 45.2. The molecular formula is C24H34F2O3. The van der Waals surface area contributed by atoms with Crippen LogP contribution in [0.25, 0.3) is 0 Å². The van der Waals surface area contributed by atoms with Crippen molar-refractivity contribution in [1.82, 2.24) is 0 Å². The van der Waals surface area contributed by atoms with Gasteiger partial charge in [0.15, 0.2) is 11.6 Å². The van der Waals surface area contributed by atoms with E-state index in [1.807, 2.05) is 6.08 Å². The van der Waals surface area contributed by atoms with Crippen molar-refractivity contribution in [3.63, 3.8) is 0 Å². The minimum Gasteiger partial charge on any atom is -0.491 e. The summed E-state index contributed by atoms with van der Waals surface area (Å²) in [6.07, 6.45) is 11.6. The molecule has 1 aromatic rings. The number of halogens is 2. The molecule has 2 fully saturated rings. The van der Waals surface area contributed by atoms with Crippen molar-refractivity contribution in [3.05, 3.63) is 42.0 Å². The number of allylic oxidation sites excluding steroid dienone is 1. The molecule has 0 aromatic heterocycles. The molecule has 0 amide bonds. The third-order valence-corrected chi connectivity index (χ3v) is 6.37. The molecule has 2 atom stereocenters. The molecule has 2 aliphatic rings. The third kappa shape index (κ3) is 6.02. The van der Waals surface area contributed by atoms with Crippen LogP contribution in [0.1, 0.15) is 63.9 Å². The van der Waals surface area contributed by atoms with Gasteiger partial charge in [-0.1, -0.05) is 18.9 Å². The second-order valence-electron chi connectivity index (χ2n) is 8.31. The van der Waals surface area contributed by atoms with Crippen molar-refractivity contribution in [1.29, 1.82) is 0 Å². The quantitative estimate of drug-likeness (QED) is 0.455. The molecule has 162 valence electrons. The molecule has 1 aliphatic carbocycles. The van der Waals surface area contributed by atoms with Gasteiger partial charge in [-0.15, -0.1) is 6.58 Å². The predicted octanol–water partition coefficient (Wildman–Crippen LogP) is 6.20. The van der Waals surface area contributed by atoms with Gasteiger partial charge in [0.05, 0.1) is 32.0 Å². The predicted molar refractivity (Wildman–Crippen MR) is 110 cm³/mol. The summed E-state index contributed by atoms with van der Waals surface area (Å²) in [6, 6.07) is 2.99. The molecule has 1 aliphatic heterocycles. The van der Waals surface area contributed by atoms with Gasteiger partial charge >= 0.3 is 0 Å². The van der Waals surface area contributed by atoms with Crippen LogP contribution in [0.5, 0.6) is 5.75 Å². The Balaban J connectivity index is 1.40. The minimum absolute atomic E-state index is 0.0439. The number of benzene rings is 1. The molecular weight excluding hydrogens is 374 g/mol. The summed E-state index contributed by atoms with van der Waals surface area (Å²) >= 11 is 0. The summed E-state index contributed by atoms with van der Waals surface area (Å²) in [4.78, 5) is 0. The van der Waals surface area contributed by atoms with Gasteiger partial charge < -0.3 is 14.2 Å². The molecule has 0 spiro atoms. The molecule has 1 saturated carbocycles. The SMILES string of the molecule is C=CCCC1CCC(C2CCC(OCc3ccc(OCC)c(F)c3F)CO2)CC1. The van der Waals surface area contributed by atoms with Gasteiger partial charge in [0.25, 0.3) is 0 Å². The molecule has 5 heteroatoms. The van der Waals surface area contributed by atoms with E-state index in [0.717, 1.165) is 25.2 Å². The van der Waals surface area contributed by atoms with Crippen LogP contribution in [0.3, 0.4) is 0 Å². The van der Waals surface area contributed by atoms with E-state index in [1.165, 1.54) is 44.2 Å². The van der Waals surface area contributed by atoms with E-state index in [1.54, 1.807) is 6.92 Å². The van der Waals surface area contributed by atoms with Crippen molar-refractivity contribution < 1.29 is 23.0 Å². The van der Waals surface area contributed by atoms with Crippen LogP contribution < -0.4 is 4.74 Å². The zero-order chi connectivity index (χ0) is 20.6. The summed E-state index contributed by atoms with van der Waals surface area (Å²) in [5.41, 5.74) is 0.214. The molecule has 29 heavy (non-hydrogen) atoms. The van der Waals surface area contributed by atoms with E-state index in [4.69, 9.17) is 14.2 Å². The molecule has 1 saturated heterocycles. The first kappa shape index (κ1) is 22.2. The van der Waals surface area contributed by atoms with Gasteiger partial charge in [-0.3, -0.25) is 0 Å². The van der Waals surface area contributed by atoms with Gasteiger partial charge in [0, 0.05) is 5.56 Å². The minimum atomic E-state index is -0.948. The highest BCUT2D eigenvalue weighted by Gasteiger charge is 2.32. The molecule has 0 radical (unpaired) electrons. The Morgan fingerprint density at radius 2 is 1.90 bits per heavy atom. The maximum atomic E-state index is 14.2. The topological polar surface area (TPSA) is 27.7 Å². The highest BCUT2D eigenvalue weighted by atomic mass is 19.2. The highest BCUT2D eigenvalue weighted by molar-refractivity contribution is 5.30. The monoisotopic (exact) mass is 408 g/mol. The average Bonchev–Trinajstić information content (AvgIpc) is 2.76. The average molecular weight is 409 g/mol. The summed E-state index contributed by atoms with van der Waals surface area (Å²) in [5.74, 6) is -0.408. The third-order valence-electron chi connectivity index (χ3n) is 6.37. The van der Waals surface area contributed by atoms with Crippen LogP contribution in [-0.2, 0) is 16.1 Å². The lowest BCUT2D eigenvalue weighted by atomic mass is 9.76. The lowest BCUT2D eigenvalue weighted by Crippen LogP contribution is -2.37. The Kier molecular flexibility index (Phi) is 8.49. The van der Waals surface area contributed by atoms with Gasteiger partial charge in [-0.05, 0) is 69.4 Å². The second-order valence-corrected chi connectivity index (χ2v) is 8.31. The summed E-state index contributed by atoms with van der Waals surface area (Å²) in [7, 11) is 0. The fraction of sp³-hybridized carbons (Fsp3) is 0.667. The zero-order valence-corrected chi connectivity index (χ0v) is 17.5. The van der Waals surface area contributed by atoms with Crippen LogP contribution in [0.4, 0.5) is 8.78 Å². The Labute approximate surface area is 173 Å². The van der Waals surface area contributed by atoms with E-state index < -0.39 is 11.6 Å². The van der Waals surface area contributed by atoms with Crippen LogP contribution in [0.2, 0.25) is 0 Å². The summed E-state index contributed by atoms with van der Waals surface area (Å²) in [5, 5.41) is 0. The molecule has 3 rings (SSSR count). The maximum Gasteiger partial charge on any atom is 0.200 e. The molecule has 1 aromatic carbocycles. The Morgan fingerprint density at radius 3 is 2.55 bits per heavy atom. The lowest BCUT2D eigenvalue weighted by molar-refractivity contribution is -0.112. The van der Waals surface area contributed by atoms with Gasteiger partial charge in [-0.25, -0.2) is 4.39 Å². The fourth-order valence-electron chi connectivity index (χ4n) is 4.61. The zero-order valence-electron chi connectivity index (χ0n) is 17.5. The molecule has 3 nitrogen and oxygen atoms in total. The van der Waals surface area contributed by atoms with E-state index in [9.17, 15) is 8.78 Å². The van der Waals surface area contributed by atoms with E-state index in [2.05, 4.69) is 6.58 Å². The van der Waals surface area contributed by atoms with Crippen LogP contribution in [0.15, 0.2) is 24.8 Å². The highest BCUT2D eigenvalue weighted by Crippen LogP contribution is 2.37. The number of hydrogen-bond donors (Lipinski definition) is 0. The van der Waals surface area contributed by atoms with E-state index >= 15 is 0 Å². The van der Waals surface area contributed by atoms with Crippen molar-refractivity contribution in [2.24, 2.45) is 11.8 Å². The van der Waals surface area contributed by atoms with Crippen LogP contribution >= 0.6 is 0 Å². The van der Waals surface area contributed by atoms with E-state index in [0.29, 0.717) is 25.2 Å². The normalized spacial score (nSPS) is 27.6. The largest absolute Gasteiger partial charge is 0.491 e. The van der Waals surface area contributed by atoms with E-state index in [-0.39, 0.29) is 24.0 Å². The van der Waals surface area contributed by atoms with Crippen LogP contribution in [0, 0.1) is 23.5 Å². The van der Waals surface area contributed by atoms with Gasteiger partial charge in [0.1, 0.15) is 0 Å². The van der Waals surface area contributed by atoms with Crippen LogP contribution in [-0.4, -0.2) is 25.4 Å². The molecule has 0 bridgehead atoms. The number of hydrogen-bond acceptors (Lipinski definition) is 3. The van der Waals surface area contributed by atoms with Crippen molar-refractivity contribution in [2.45, 2.75) is 77.1 Å². The first-order valence-electron chi connectivity index (χ1n) is 11.1. The number of rotatable bonds is 9. The number of ether oxygens (including phenoxy) is 3. The summed E-state index contributed by atoms with van der Waals surface area (Å²) in [6.45, 7) is 6.42.